The molecule has 0 saturated carbocycles. The van der Waals surface area contributed by atoms with Crippen LogP contribution in [0.3, 0.4) is 0 Å². The van der Waals surface area contributed by atoms with E-state index < -0.39 is 4.92 Å². The second kappa shape index (κ2) is 8.26. The molecule has 2 N–H and O–H groups in total. The molecule has 0 amide bonds. The van der Waals surface area contributed by atoms with E-state index in [0.717, 1.165) is 11.1 Å². The highest BCUT2D eigenvalue weighted by Crippen LogP contribution is 2.30. The molecule has 3 aromatic rings. The Kier molecular flexibility index (Phi) is 5.60. The molecule has 0 aliphatic carbocycles. The summed E-state index contributed by atoms with van der Waals surface area (Å²) in [5.74, 6) is 0.302. The Hall–Kier alpha value is -3.19. The summed E-state index contributed by atoms with van der Waals surface area (Å²) < 4.78 is 0. The van der Waals surface area contributed by atoms with Crippen LogP contribution in [0.4, 0.5) is 17.3 Å². The van der Waals surface area contributed by atoms with Crippen LogP contribution >= 0.6 is 11.6 Å². The molecule has 0 spiro atoms. The standard InChI is InChI=1S/C18H16ClN5O2/c19-15-9-5-4-8-14(15)11-21-18-16(24(25)26)17(22-12-23-18)20-10-13-6-2-1-3-7-13/h1-9,12H,10-11H2,(H2,20,21,22,23). The van der Waals surface area contributed by atoms with Gasteiger partial charge < -0.3 is 10.6 Å². The van der Waals surface area contributed by atoms with Crippen molar-refractivity contribution in [3.8, 4) is 0 Å². The zero-order valence-electron chi connectivity index (χ0n) is 13.7. The zero-order valence-corrected chi connectivity index (χ0v) is 14.5. The summed E-state index contributed by atoms with van der Waals surface area (Å²) in [6, 6.07) is 16.9. The minimum absolute atomic E-state index is 0.139. The summed E-state index contributed by atoms with van der Waals surface area (Å²) in [6.45, 7) is 0.734. The van der Waals surface area contributed by atoms with Crippen LogP contribution in [0.1, 0.15) is 11.1 Å². The highest BCUT2D eigenvalue weighted by Gasteiger charge is 2.22. The molecule has 0 aliphatic heterocycles. The molecule has 7 nitrogen and oxygen atoms in total. The fraction of sp³-hybridized carbons (Fsp3) is 0.111. The van der Waals surface area contributed by atoms with E-state index in [0.29, 0.717) is 18.1 Å². The summed E-state index contributed by atoms with van der Waals surface area (Å²) >= 11 is 6.12. The molecule has 0 saturated heterocycles. The minimum atomic E-state index is -0.498. The van der Waals surface area contributed by atoms with Crippen molar-refractivity contribution in [2.45, 2.75) is 13.1 Å². The van der Waals surface area contributed by atoms with Gasteiger partial charge in [-0.25, -0.2) is 9.97 Å². The molecule has 1 heterocycles. The van der Waals surface area contributed by atoms with Gasteiger partial charge >= 0.3 is 5.69 Å². The first-order chi connectivity index (χ1) is 12.6. The highest BCUT2D eigenvalue weighted by atomic mass is 35.5. The van der Waals surface area contributed by atoms with Crippen LogP contribution in [0.2, 0.25) is 5.02 Å². The number of nitro groups is 1. The Bertz CT molecular complexity index is 905. The van der Waals surface area contributed by atoms with Crippen molar-refractivity contribution in [3.63, 3.8) is 0 Å². The predicted octanol–water partition coefficient (Wildman–Crippen LogP) is 4.26. The molecule has 3 rings (SSSR count). The van der Waals surface area contributed by atoms with Crippen LogP contribution in [-0.4, -0.2) is 14.9 Å². The van der Waals surface area contributed by atoms with E-state index in [2.05, 4.69) is 20.6 Å². The van der Waals surface area contributed by atoms with Gasteiger partial charge in [0.25, 0.3) is 0 Å². The molecule has 0 aliphatic rings. The van der Waals surface area contributed by atoms with E-state index in [9.17, 15) is 10.1 Å². The Morgan fingerprint density at radius 2 is 1.54 bits per heavy atom. The zero-order chi connectivity index (χ0) is 18.4. The number of anilines is 2. The number of rotatable bonds is 7. The molecule has 0 bridgehead atoms. The third kappa shape index (κ3) is 4.25. The van der Waals surface area contributed by atoms with E-state index in [1.807, 2.05) is 48.5 Å². The average Bonchev–Trinajstić information content (AvgIpc) is 2.66. The van der Waals surface area contributed by atoms with E-state index in [4.69, 9.17) is 11.6 Å². The number of halogens is 1. The van der Waals surface area contributed by atoms with Gasteiger partial charge in [0.05, 0.1) is 4.92 Å². The average molecular weight is 370 g/mol. The first-order valence-electron chi connectivity index (χ1n) is 7.89. The van der Waals surface area contributed by atoms with Crippen LogP contribution < -0.4 is 10.6 Å². The van der Waals surface area contributed by atoms with Crippen molar-refractivity contribution in [1.29, 1.82) is 0 Å². The Labute approximate surface area is 155 Å². The smallest absolute Gasteiger partial charge is 0.353 e. The maximum Gasteiger partial charge on any atom is 0.353 e. The monoisotopic (exact) mass is 369 g/mol. The normalized spacial score (nSPS) is 10.3. The molecule has 0 radical (unpaired) electrons. The Balaban J connectivity index is 1.79. The van der Waals surface area contributed by atoms with Crippen LogP contribution in [0, 0.1) is 10.1 Å². The molecule has 2 aromatic carbocycles. The summed E-state index contributed by atoms with van der Waals surface area (Å²) in [4.78, 5) is 19.1. The molecule has 1 aromatic heterocycles. The van der Waals surface area contributed by atoms with Gasteiger partial charge in [0.2, 0.25) is 11.6 Å². The Morgan fingerprint density at radius 3 is 2.19 bits per heavy atom. The van der Waals surface area contributed by atoms with Gasteiger partial charge in [-0.2, -0.15) is 0 Å². The number of nitrogens with one attached hydrogen (secondary N) is 2. The van der Waals surface area contributed by atoms with Crippen molar-refractivity contribution in [2.24, 2.45) is 0 Å². The van der Waals surface area contributed by atoms with Crippen LogP contribution in [0.5, 0.6) is 0 Å². The van der Waals surface area contributed by atoms with Crippen molar-refractivity contribution < 1.29 is 4.92 Å². The van der Waals surface area contributed by atoms with E-state index in [-0.39, 0.29) is 17.3 Å². The SMILES string of the molecule is O=[N+]([O-])c1c(NCc2ccccc2)ncnc1NCc1ccccc1Cl. The van der Waals surface area contributed by atoms with E-state index >= 15 is 0 Å². The van der Waals surface area contributed by atoms with E-state index in [1.165, 1.54) is 6.33 Å². The van der Waals surface area contributed by atoms with Crippen molar-refractivity contribution >= 4 is 28.9 Å². The topological polar surface area (TPSA) is 93.0 Å². The lowest BCUT2D eigenvalue weighted by molar-refractivity contribution is -0.383. The first kappa shape index (κ1) is 17.6. The second-order valence-electron chi connectivity index (χ2n) is 5.46. The number of aromatic nitrogens is 2. The summed E-state index contributed by atoms with van der Waals surface area (Å²) in [6.07, 6.45) is 1.29. The van der Waals surface area contributed by atoms with Crippen LogP contribution in [0.15, 0.2) is 60.9 Å². The third-order valence-electron chi connectivity index (χ3n) is 3.71. The minimum Gasteiger partial charge on any atom is -0.360 e. The van der Waals surface area contributed by atoms with E-state index in [1.54, 1.807) is 6.07 Å². The molecule has 0 atom stereocenters. The Morgan fingerprint density at radius 1 is 0.923 bits per heavy atom. The number of hydrogen-bond acceptors (Lipinski definition) is 6. The number of hydrogen-bond donors (Lipinski definition) is 2. The maximum absolute atomic E-state index is 11.6. The van der Waals surface area contributed by atoms with Gasteiger partial charge in [0.15, 0.2) is 0 Å². The molecule has 0 fully saturated rings. The number of nitrogens with zero attached hydrogens (tertiary/aromatic N) is 3. The lowest BCUT2D eigenvalue weighted by atomic mass is 10.2. The molecular weight excluding hydrogens is 354 g/mol. The molecule has 26 heavy (non-hydrogen) atoms. The predicted molar refractivity (Wildman–Crippen MR) is 101 cm³/mol. The van der Waals surface area contributed by atoms with Gasteiger partial charge in [-0.1, -0.05) is 60.1 Å². The largest absolute Gasteiger partial charge is 0.360 e. The molecular formula is C18H16ClN5O2. The summed E-state index contributed by atoms with van der Waals surface area (Å²) in [5, 5.41) is 18.1. The van der Waals surface area contributed by atoms with Crippen molar-refractivity contribution in [3.05, 3.63) is 87.2 Å². The lowest BCUT2D eigenvalue weighted by Crippen LogP contribution is -2.10. The van der Waals surface area contributed by atoms with Gasteiger partial charge in [-0.15, -0.1) is 0 Å². The van der Waals surface area contributed by atoms with Gasteiger partial charge in [-0.3, -0.25) is 10.1 Å². The quantitative estimate of drug-likeness (QED) is 0.477. The van der Waals surface area contributed by atoms with Crippen molar-refractivity contribution in [2.75, 3.05) is 10.6 Å². The van der Waals surface area contributed by atoms with Crippen LogP contribution in [0.25, 0.3) is 0 Å². The van der Waals surface area contributed by atoms with Crippen molar-refractivity contribution in [1.82, 2.24) is 9.97 Å². The lowest BCUT2D eigenvalue weighted by Gasteiger charge is -2.11. The van der Waals surface area contributed by atoms with Gasteiger partial charge in [0.1, 0.15) is 6.33 Å². The maximum atomic E-state index is 11.6. The second-order valence-corrected chi connectivity index (χ2v) is 5.87. The molecule has 0 unspecified atom stereocenters. The fourth-order valence-electron chi connectivity index (χ4n) is 2.41. The summed E-state index contributed by atoms with van der Waals surface area (Å²) in [7, 11) is 0. The van der Waals surface area contributed by atoms with Gasteiger partial charge in [-0.05, 0) is 17.2 Å². The number of benzene rings is 2. The summed E-state index contributed by atoms with van der Waals surface area (Å²) in [5.41, 5.74) is 1.61. The first-order valence-corrected chi connectivity index (χ1v) is 8.27. The van der Waals surface area contributed by atoms with Crippen LogP contribution in [-0.2, 0) is 13.1 Å². The third-order valence-corrected chi connectivity index (χ3v) is 4.08. The van der Waals surface area contributed by atoms with Gasteiger partial charge in [0, 0.05) is 18.1 Å². The molecule has 8 heteroatoms. The highest BCUT2D eigenvalue weighted by molar-refractivity contribution is 6.31. The fourth-order valence-corrected chi connectivity index (χ4v) is 2.62. The molecule has 132 valence electrons.